The molecule has 5 rings (SSSR count). The number of pyridine rings is 1. The number of halogens is 1. The molecule has 1 unspecified atom stereocenters. The minimum absolute atomic E-state index is 0.305. The summed E-state index contributed by atoms with van der Waals surface area (Å²) in [6.07, 6.45) is 4.08. The van der Waals surface area contributed by atoms with Crippen LogP contribution < -0.4 is 5.32 Å². The monoisotopic (exact) mass is 432 g/mol. The topological polar surface area (TPSA) is 98.7 Å². The first-order valence-electron chi connectivity index (χ1n) is 10.4. The van der Waals surface area contributed by atoms with Gasteiger partial charge in [-0.2, -0.15) is 10.1 Å². The van der Waals surface area contributed by atoms with E-state index in [1.165, 1.54) is 16.8 Å². The lowest BCUT2D eigenvalue weighted by Crippen LogP contribution is -2.28. The number of nitrogens with one attached hydrogen (secondary N) is 1. The standard InChI is InChI=1S/C23H21FN6O2/c1-13(23-27-21(29-32-23)16-9-10-25-18(11-16)14-3-4-14)26-22(31)20-12-19(28-30(20)2)15-5-7-17(24)8-6-15/h5-14H,3-4H2,1-2H3,(H,26,31). The molecule has 1 saturated carbocycles. The molecule has 1 aliphatic rings. The van der Waals surface area contributed by atoms with Gasteiger partial charge in [-0.3, -0.25) is 14.5 Å². The summed E-state index contributed by atoms with van der Waals surface area (Å²) in [6, 6.07) is 10.9. The highest BCUT2D eigenvalue weighted by atomic mass is 19.1. The summed E-state index contributed by atoms with van der Waals surface area (Å²) in [6.45, 7) is 1.77. The Bertz CT molecular complexity index is 1280. The van der Waals surface area contributed by atoms with E-state index >= 15 is 0 Å². The van der Waals surface area contributed by atoms with Crippen molar-refractivity contribution in [3.05, 3.63) is 71.8 Å². The zero-order valence-electron chi connectivity index (χ0n) is 17.6. The molecule has 1 fully saturated rings. The minimum atomic E-state index is -0.502. The van der Waals surface area contributed by atoms with Crippen LogP contribution >= 0.6 is 0 Å². The van der Waals surface area contributed by atoms with Crippen LogP contribution in [0.2, 0.25) is 0 Å². The highest BCUT2D eigenvalue weighted by Crippen LogP contribution is 2.39. The third-order valence-electron chi connectivity index (χ3n) is 5.45. The largest absolute Gasteiger partial charge is 0.339 e. The van der Waals surface area contributed by atoms with Gasteiger partial charge in [0.25, 0.3) is 5.91 Å². The van der Waals surface area contributed by atoms with E-state index < -0.39 is 6.04 Å². The number of rotatable bonds is 6. The molecule has 0 saturated heterocycles. The molecular formula is C23H21FN6O2. The fraction of sp³-hybridized carbons (Fsp3) is 0.261. The van der Waals surface area contributed by atoms with Gasteiger partial charge in [-0.25, -0.2) is 4.39 Å². The van der Waals surface area contributed by atoms with E-state index in [2.05, 4.69) is 25.5 Å². The molecule has 1 atom stereocenters. The molecule has 1 aromatic carbocycles. The van der Waals surface area contributed by atoms with Crippen molar-refractivity contribution < 1.29 is 13.7 Å². The summed E-state index contributed by atoms with van der Waals surface area (Å²) in [4.78, 5) is 21.7. The first-order valence-corrected chi connectivity index (χ1v) is 10.4. The number of aromatic nitrogens is 5. The van der Waals surface area contributed by atoms with Crippen molar-refractivity contribution in [3.63, 3.8) is 0 Å². The van der Waals surface area contributed by atoms with Gasteiger partial charge in [-0.15, -0.1) is 0 Å². The Morgan fingerprint density at radius 2 is 1.97 bits per heavy atom. The molecule has 1 amide bonds. The number of benzene rings is 1. The fourth-order valence-electron chi connectivity index (χ4n) is 3.49. The molecule has 0 bridgehead atoms. The van der Waals surface area contributed by atoms with Gasteiger partial charge in [-0.05, 0) is 62.2 Å². The van der Waals surface area contributed by atoms with E-state index in [4.69, 9.17) is 4.52 Å². The van der Waals surface area contributed by atoms with Crippen molar-refractivity contribution in [2.24, 2.45) is 7.05 Å². The van der Waals surface area contributed by atoms with Gasteiger partial charge >= 0.3 is 0 Å². The molecule has 162 valence electrons. The van der Waals surface area contributed by atoms with Gasteiger partial charge in [0.1, 0.15) is 17.6 Å². The lowest BCUT2D eigenvalue weighted by molar-refractivity contribution is 0.0923. The second-order valence-electron chi connectivity index (χ2n) is 7.94. The van der Waals surface area contributed by atoms with E-state index in [1.54, 1.807) is 38.4 Å². The van der Waals surface area contributed by atoms with E-state index in [0.717, 1.165) is 29.7 Å². The van der Waals surface area contributed by atoms with Crippen LogP contribution in [0.25, 0.3) is 22.6 Å². The Hall–Kier alpha value is -3.88. The van der Waals surface area contributed by atoms with Crippen LogP contribution in [-0.2, 0) is 7.05 Å². The van der Waals surface area contributed by atoms with Crippen LogP contribution in [-0.4, -0.2) is 30.8 Å². The minimum Gasteiger partial charge on any atom is -0.339 e. The van der Waals surface area contributed by atoms with Crippen molar-refractivity contribution in [3.8, 4) is 22.6 Å². The molecule has 3 aromatic heterocycles. The lowest BCUT2D eigenvalue weighted by Gasteiger charge is -2.09. The molecule has 1 N–H and O–H groups in total. The zero-order valence-corrected chi connectivity index (χ0v) is 17.6. The lowest BCUT2D eigenvalue weighted by atomic mass is 10.1. The second kappa shape index (κ2) is 7.99. The highest BCUT2D eigenvalue weighted by Gasteiger charge is 2.26. The maximum atomic E-state index is 13.2. The summed E-state index contributed by atoms with van der Waals surface area (Å²) in [7, 11) is 1.68. The Morgan fingerprint density at radius 1 is 1.19 bits per heavy atom. The Labute approximate surface area is 183 Å². The van der Waals surface area contributed by atoms with Crippen molar-refractivity contribution >= 4 is 5.91 Å². The molecule has 9 heteroatoms. The number of nitrogens with zero attached hydrogens (tertiary/aromatic N) is 5. The fourth-order valence-corrected chi connectivity index (χ4v) is 3.49. The van der Waals surface area contributed by atoms with Crippen LogP contribution in [0.1, 0.15) is 53.8 Å². The van der Waals surface area contributed by atoms with Crippen LogP contribution in [0.15, 0.2) is 53.2 Å². The summed E-state index contributed by atoms with van der Waals surface area (Å²) >= 11 is 0. The van der Waals surface area contributed by atoms with Crippen LogP contribution in [0.5, 0.6) is 0 Å². The number of aryl methyl sites for hydroxylation is 1. The first kappa shape index (κ1) is 20.0. The van der Waals surface area contributed by atoms with Gasteiger partial charge in [0, 0.05) is 36.0 Å². The predicted molar refractivity (Wildman–Crippen MR) is 114 cm³/mol. The Morgan fingerprint density at radius 3 is 2.72 bits per heavy atom. The number of carbonyl (C=O) groups excluding carboxylic acids is 1. The highest BCUT2D eigenvalue weighted by molar-refractivity contribution is 5.93. The predicted octanol–water partition coefficient (Wildman–Crippen LogP) is 4.04. The third-order valence-corrected chi connectivity index (χ3v) is 5.45. The smallest absolute Gasteiger partial charge is 0.270 e. The van der Waals surface area contributed by atoms with Gasteiger partial charge in [0.2, 0.25) is 11.7 Å². The van der Waals surface area contributed by atoms with E-state index in [0.29, 0.717) is 29.0 Å². The summed E-state index contributed by atoms with van der Waals surface area (Å²) in [5.74, 6) is 0.633. The van der Waals surface area contributed by atoms with Gasteiger partial charge in [0.05, 0.1) is 5.69 Å². The maximum absolute atomic E-state index is 13.2. The van der Waals surface area contributed by atoms with Crippen molar-refractivity contribution in [2.75, 3.05) is 0 Å². The van der Waals surface area contributed by atoms with Crippen molar-refractivity contribution in [1.82, 2.24) is 30.2 Å². The van der Waals surface area contributed by atoms with Gasteiger partial charge < -0.3 is 9.84 Å². The van der Waals surface area contributed by atoms with E-state index in [9.17, 15) is 9.18 Å². The van der Waals surface area contributed by atoms with E-state index in [1.807, 2.05) is 12.1 Å². The van der Waals surface area contributed by atoms with Crippen LogP contribution in [0, 0.1) is 5.82 Å². The molecular weight excluding hydrogens is 411 g/mol. The molecule has 4 aromatic rings. The molecule has 3 heterocycles. The quantitative estimate of drug-likeness (QED) is 0.494. The van der Waals surface area contributed by atoms with E-state index in [-0.39, 0.29) is 11.7 Å². The zero-order chi connectivity index (χ0) is 22.2. The number of carbonyl (C=O) groups is 1. The molecule has 0 aliphatic heterocycles. The normalized spacial score (nSPS) is 14.3. The maximum Gasteiger partial charge on any atom is 0.270 e. The first-order chi connectivity index (χ1) is 15.5. The number of hydrogen-bond acceptors (Lipinski definition) is 6. The average Bonchev–Trinajstić information content (AvgIpc) is 3.39. The number of amides is 1. The molecule has 32 heavy (non-hydrogen) atoms. The SMILES string of the molecule is CC(NC(=O)c1cc(-c2ccc(F)cc2)nn1C)c1nc(-c2ccnc(C3CC3)c2)no1. The summed E-state index contributed by atoms with van der Waals surface area (Å²) < 4.78 is 20.1. The third kappa shape index (κ3) is 4.01. The van der Waals surface area contributed by atoms with Gasteiger partial charge in [0.15, 0.2) is 0 Å². The molecule has 0 spiro atoms. The van der Waals surface area contributed by atoms with Gasteiger partial charge in [-0.1, -0.05) is 5.16 Å². The Kier molecular flexibility index (Phi) is 5.01. The van der Waals surface area contributed by atoms with Crippen molar-refractivity contribution in [2.45, 2.75) is 31.7 Å². The van der Waals surface area contributed by atoms with Crippen molar-refractivity contribution in [1.29, 1.82) is 0 Å². The van der Waals surface area contributed by atoms with Crippen LogP contribution in [0.3, 0.4) is 0 Å². The van der Waals surface area contributed by atoms with Crippen LogP contribution in [0.4, 0.5) is 4.39 Å². The molecule has 0 radical (unpaired) electrons. The summed E-state index contributed by atoms with van der Waals surface area (Å²) in [5, 5.41) is 11.3. The second-order valence-corrected chi connectivity index (χ2v) is 7.94. The number of hydrogen-bond donors (Lipinski definition) is 1. The Balaban J connectivity index is 1.30. The summed E-state index contributed by atoms with van der Waals surface area (Å²) in [5.41, 5.74) is 3.54. The molecule has 1 aliphatic carbocycles. The molecule has 8 nitrogen and oxygen atoms in total. The average molecular weight is 432 g/mol.